The van der Waals surface area contributed by atoms with Crippen molar-refractivity contribution in [3.05, 3.63) is 65.7 Å². The van der Waals surface area contributed by atoms with Crippen LogP contribution in [0.15, 0.2) is 54.6 Å². The molecule has 3 atom stereocenters. The number of aliphatic hydroxyl groups excluding tert-OH is 1. The number of aliphatic hydroxyl groups is 1. The van der Waals surface area contributed by atoms with Gasteiger partial charge in [-0.3, -0.25) is 4.90 Å². The van der Waals surface area contributed by atoms with Gasteiger partial charge in [0.2, 0.25) is 0 Å². The van der Waals surface area contributed by atoms with Gasteiger partial charge in [-0.2, -0.15) is 0 Å². The quantitative estimate of drug-likeness (QED) is 0.942. The molecule has 2 aliphatic rings. The molecule has 2 aromatic carbocycles. The maximum Gasteiger partial charge on any atom is 0.0593 e. The van der Waals surface area contributed by atoms with Gasteiger partial charge in [-0.15, -0.1) is 0 Å². The molecule has 0 saturated carbocycles. The lowest BCUT2D eigenvalue weighted by Gasteiger charge is -2.59. The van der Waals surface area contributed by atoms with Crippen molar-refractivity contribution in [2.24, 2.45) is 0 Å². The summed E-state index contributed by atoms with van der Waals surface area (Å²) in [6, 6.07) is 19.9. The first-order chi connectivity index (χ1) is 10.8. The normalized spacial score (nSPS) is 27.0. The van der Waals surface area contributed by atoms with E-state index in [2.05, 4.69) is 71.4 Å². The number of para-hydroxylation sites is 1. The summed E-state index contributed by atoms with van der Waals surface area (Å²) in [4.78, 5) is 4.81. The van der Waals surface area contributed by atoms with Crippen LogP contribution in [0.3, 0.4) is 0 Å². The predicted molar refractivity (Wildman–Crippen MR) is 89.1 cm³/mol. The molecule has 0 aliphatic carbocycles. The number of rotatable bonds is 3. The number of hydrogen-bond acceptors (Lipinski definition) is 3. The Kier molecular flexibility index (Phi) is 3.40. The third-order valence-electron chi connectivity index (χ3n) is 5.24. The second-order valence-electron chi connectivity index (χ2n) is 6.44. The van der Waals surface area contributed by atoms with Gasteiger partial charge in [-0.25, -0.2) is 0 Å². The van der Waals surface area contributed by atoms with Gasteiger partial charge in [0, 0.05) is 43.8 Å². The fourth-order valence-electron chi connectivity index (χ4n) is 4.19. The van der Waals surface area contributed by atoms with Crippen LogP contribution in [0.25, 0.3) is 0 Å². The van der Waals surface area contributed by atoms with E-state index in [0.29, 0.717) is 12.0 Å². The third-order valence-corrected chi connectivity index (χ3v) is 5.24. The van der Waals surface area contributed by atoms with E-state index in [-0.39, 0.29) is 12.6 Å². The average Bonchev–Trinajstić information content (AvgIpc) is 2.56. The van der Waals surface area contributed by atoms with Gasteiger partial charge >= 0.3 is 0 Å². The van der Waals surface area contributed by atoms with Gasteiger partial charge in [-0.05, 0) is 17.2 Å². The number of anilines is 1. The molecular weight excluding hydrogens is 272 g/mol. The Morgan fingerprint density at radius 1 is 1.05 bits per heavy atom. The molecule has 0 radical (unpaired) electrons. The lowest BCUT2D eigenvalue weighted by atomic mass is 9.72. The molecule has 4 rings (SSSR count). The van der Waals surface area contributed by atoms with Crippen LogP contribution in [-0.2, 0) is 6.54 Å². The Balaban J connectivity index is 1.63. The van der Waals surface area contributed by atoms with Gasteiger partial charge in [-0.1, -0.05) is 48.5 Å². The molecule has 2 aliphatic heterocycles. The Labute approximate surface area is 131 Å². The molecule has 114 valence electrons. The number of hydrogen-bond donors (Lipinski definition) is 1. The molecular formula is C19H22N2O. The third kappa shape index (κ3) is 2.04. The summed E-state index contributed by atoms with van der Waals surface area (Å²) in [5.41, 5.74) is 4.03. The Morgan fingerprint density at radius 2 is 1.77 bits per heavy atom. The number of fused-ring (bicyclic) bond motifs is 3. The first-order valence-electron chi connectivity index (χ1n) is 8.00. The van der Waals surface area contributed by atoms with Crippen LogP contribution in [0.1, 0.15) is 17.0 Å². The molecule has 0 amide bonds. The van der Waals surface area contributed by atoms with E-state index >= 15 is 0 Å². The van der Waals surface area contributed by atoms with Crippen LogP contribution in [0.2, 0.25) is 0 Å². The summed E-state index contributed by atoms with van der Waals surface area (Å²) in [6.07, 6.45) is 0. The van der Waals surface area contributed by atoms with E-state index in [9.17, 15) is 5.11 Å². The topological polar surface area (TPSA) is 26.7 Å². The lowest BCUT2D eigenvalue weighted by Crippen LogP contribution is -2.67. The largest absolute Gasteiger partial charge is 0.395 e. The summed E-state index contributed by atoms with van der Waals surface area (Å²) < 4.78 is 0. The van der Waals surface area contributed by atoms with Crippen molar-refractivity contribution in [3.8, 4) is 0 Å². The van der Waals surface area contributed by atoms with Crippen LogP contribution in [0.4, 0.5) is 5.69 Å². The maximum atomic E-state index is 9.91. The van der Waals surface area contributed by atoms with Crippen LogP contribution in [0, 0.1) is 0 Å². The highest BCUT2D eigenvalue weighted by Gasteiger charge is 2.51. The summed E-state index contributed by atoms with van der Waals surface area (Å²) in [5, 5.41) is 9.91. The van der Waals surface area contributed by atoms with Crippen molar-refractivity contribution >= 4 is 5.69 Å². The molecule has 0 bridgehead atoms. The molecule has 0 aromatic heterocycles. The highest BCUT2D eigenvalue weighted by Crippen LogP contribution is 2.48. The molecule has 3 heteroatoms. The van der Waals surface area contributed by atoms with Crippen molar-refractivity contribution in [2.75, 3.05) is 25.1 Å². The molecule has 0 spiro atoms. The van der Waals surface area contributed by atoms with Crippen molar-refractivity contribution in [1.82, 2.24) is 4.90 Å². The minimum Gasteiger partial charge on any atom is -0.395 e. The fraction of sp³-hybridized carbons (Fsp3) is 0.368. The van der Waals surface area contributed by atoms with Gasteiger partial charge in [0.25, 0.3) is 0 Å². The summed E-state index contributed by atoms with van der Waals surface area (Å²) in [5.74, 6) is 0.459. The highest BCUT2D eigenvalue weighted by atomic mass is 16.3. The van der Waals surface area contributed by atoms with Gasteiger partial charge < -0.3 is 10.0 Å². The highest BCUT2D eigenvalue weighted by molar-refractivity contribution is 5.59. The fourth-order valence-corrected chi connectivity index (χ4v) is 4.19. The maximum absolute atomic E-state index is 9.91. The molecule has 1 saturated heterocycles. The van der Waals surface area contributed by atoms with Crippen molar-refractivity contribution in [3.63, 3.8) is 0 Å². The summed E-state index contributed by atoms with van der Waals surface area (Å²) in [6.45, 7) is 2.18. The first kappa shape index (κ1) is 13.8. The number of likely N-dealkylation sites (N-methyl/N-ethyl adjacent to an activating group) is 1. The van der Waals surface area contributed by atoms with Gasteiger partial charge in [0.1, 0.15) is 0 Å². The smallest absolute Gasteiger partial charge is 0.0593 e. The van der Waals surface area contributed by atoms with Crippen LogP contribution >= 0.6 is 0 Å². The zero-order valence-corrected chi connectivity index (χ0v) is 12.9. The zero-order chi connectivity index (χ0) is 15.1. The SMILES string of the molecule is CN1C[C@@H]2[C@H](c3ccccc31)[C@@H](CO)N2Cc1ccccc1. The molecule has 2 aromatic rings. The minimum atomic E-state index is 0.228. The lowest BCUT2D eigenvalue weighted by molar-refractivity contribution is -0.0489. The minimum absolute atomic E-state index is 0.228. The number of nitrogens with zero attached hydrogens (tertiary/aromatic N) is 2. The molecule has 1 N–H and O–H groups in total. The van der Waals surface area contributed by atoms with Crippen molar-refractivity contribution < 1.29 is 5.11 Å². The average molecular weight is 294 g/mol. The van der Waals surface area contributed by atoms with Crippen LogP contribution in [0.5, 0.6) is 0 Å². The predicted octanol–water partition coefficient (Wildman–Crippen LogP) is 2.47. The molecule has 0 unspecified atom stereocenters. The Morgan fingerprint density at radius 3 is 2.55 bits per heavy atom. The van der Waals surface area contributed by atoms with E-state index in [0.717, 1.165) is 13.1 Å². The molecule has 2 heterocycles. The second kappa shape index (κ2) is 5.41. The van der Waals surface area contributed by atoms with E-state index < -0.39 is 0 Å². The van der Waals surface area contributed by atoms with E-state index in [1.807, 2.05) is 0 Å². The summed E-state index contributed by atoms with van der Waals surface area (Å²) >= 11 is 0. The van der Waals surface area contributed by atoms with Crippen molar-refractivity contribution in [1.29, 1.82) is 0 Å². The van der Waals surface area contributed by atoms with Crippen LogP contribution < -0.4 is 4.90 Å². The summed E-state index contributed by atoms with van der Waals surface area (Å²) in [7, 11) is 2.17. The number of likely N-dealkylation sites (tertiary alicyclic amines) is 1. The van der Waals surface area contributed by atoms with Crippen LogP contribution in [-0.4, -0.2) is 42.3 Å². The second-order valence-corrected chi connectivity index (χ2v) is 6.44. The van der Waals surface area contributed by atoms with E-state index in [4.69, 9.17) is 0 Å². The molecule has 22 heavy (non-hydrogen) atoms. The monoisotopic (exact) mass is 294 g/mol. The number of benzene rings is 2. The van der Waals surface area contributed by atoms with Crippen molar-refractivity contribution in [2.45, 2.75) is 24.5 Å². The molecule has 1 fully saturated rings. The Hall–Kier alpha value is -1.84. The zero-order valence-electron chi connectivity index (χ0n) is 12.9. The Bertz CT molecular complexity index is 657. The molecule has 3 nitrogen and oxygen atoms in total. The first-order valence-corrected chi connectivity index (χ1v) is 8.00. The van der Waals surface area contributed by atoms with E-state index in [1.54, 1.807) is 0 Å². The standard InChI is InChI=1S/C19H22N2O/c1-20-12-17-19(15-9-5-6-10-16(15)20)18(13-22)21(17)11-14-7-3-2-4-8-14/h2-10,17-19,22H,11-13H2,1H3/t17-,18-,19+/m1/s1. The van der Waals surface area contributed by atoms with Gasteiger partial charge in [0.05, 0.1) is 6.61 Å². The van der Waals surface area contributed by atoms with E-state index in [1.165, 1.54) is 16.8 Å². The van der Waals surface area contributed by atoms with Gasteiger partial charge in [0.15, 0.2) is 0 Å².